The first-order chi connectivity index (χ1) is 16.3. The number of rotatable bonds is 7. The molecule has 0 fully saturated rings. The maximum atomic E-state index is 12.8. The molecule has 0 saturated carbocycles. The van der Waals surface area contributed by atoms with Gasteiger partial charge < -0.3 is 9.47 Å². The number of esters is 1. The molecule has 0 heterocycles. The van der Waals surface area contributed by atoms with Crippen molar-refractivity contribution in [2.24, 2.45) is 0 Å². The van der Waals surface area contributed by atoms with Gasteiger partial charge in [-0.05, 0) is 99.2 Å². The normalized spacial score (nSPS) is 13.1. The summed E-state index contributed by atoms with van der Waals surface area (Å²) in [6.45, 7) is 11.3. The van der Waals surface area contributed by atoms with E-state index in [1.54, 1.807) is 20.1 Å². The minimum Gasteiger partial charge on any atom is -0.496 e. The van der Waals surface area contributed by atoms with E-state index in [4.69, 9.17) is 9.47 Å². The molecular formula is C29H31F3O3. The van der Waals surface area contributed by atoms with Crippen molar-refractivity contribution in [1.82, 2.24) is 0 Å². The summed E-state index contributed by atoms with van der Waals surface area (Å²) >= 11 is 0. The Kier molecular flexibility index (Phi) is 9.29. The molecule has 2 aromatic carbocycles. The fourth-order valence-corrected chi connectivity index (χ4v) is 3.47. The molecular weight excluding hydrogens is 453 g/mol. The van der Waals surface area contributed by atoms with Crippen LogP contribution < -0.4 is 9.47 Å². The average molecular weight is 485 g/mol. The standard InChI is InChI=1S/C29H31F3O3/c1-18(11-13-25-20(3)17-27(34-7)23(6)22(25)5)9-8-10-19(2)15-28(33)35-26-14-12-24(16-21(26)4)29(30,31)32/h8-17H,1-7H3. The van der Waals surface area contributed by atoms with E-state index in [0.717, 1.165) is 46.2 Å². The lowest BCUT2D eigenvalue weighted by Gasteiger charge is -2.13. The molecule has 2 aromatic rings. The number of hydrogen-bond donors (Lipinski definition) is 0. The zero-order valence-corrected chi connectivity index (χ0v) is 21.1. The van der Waals surface area contributed by atoms with Gasteiger partial charge in [0.25, 0.3) is 0 Å². The minimum absolute atomic E-state index is 0.0938. The summed E-state index contributed by atoms with van der Waals surface area (Å²) in [7, 11) is 1.67. The van der Waals surface area contributed by atoms with Crippen LogP contribution in [0.4, 0.5) is 13.2 Å². The van der Waals surface area contributed by atoms with Crippen molar-refractivity contribution >= 4 is 12.0 Å². The molecule has 0 aliphatic rings. The number of methoxy groups -OCH3 is 1. The van der Waals surface area contributed by atoms with Gasteiger partial charge in [-0.25, -0.2) is 4.79 Å². The second kappa shape index (κ2) is 11.7. The number of carbonyl (C=O) groups is 1. The second-order valence-corrected chi connectivity index (χ2v) is 8.45. The first kappa shape index (κ1) is 27.7. The predicted molar refractivity (Wildman–Crippen MR) is 135 cm³/mol. The van der Waals surface area contributed by atoms with Gasteiger partial charge in [-0.3, -0.25) is 0 Å². The zero-order chi connectivity index (χ0) is 26.3. The van der Waals surface area contributed by atoms with Crippen LogP contribution >= 0.6 is 0 Å². The van der Waals surface area contributed by atoms with E-state index >= 15 is 0 Å². The lowest BCUT2D eigenvalue weighted by atomic mass is 9.96. The van der Waals surface area contributed by atoms with E-state index in [1.807, 2.05) is 45.1 Å². The van der Waals surface area contributed by atoms with Gasteiger partial charge in [0.15, 0.2) is 0 Å². The lowest BCUT2D eigenvalue weighted by molar-refractivity contribution is -0.137. The van der Waals surface area contributed by atoms with Crippen LogP contribution in [0.1, 0.15) is 47.2 Å². The Bertz CT molecular complexity index is 1210. The van der Waals surface area contributed by atoms with Gasteiger partial charge in [-0.2, -0.15) is 13.2 Å². The van der Waals surface area contributed by atoms with Crippen LogP contribution in [0.25, 0.3) is 6.08 Å². The number of ether oxygens (including phenoxy) is 2. The third kappa shape index (κ3) is 7.74. The minimum atomic E-state index is -4.44. The van der Waals surface area contributed by atoms with Gasteiger partial charge in [0.2, 0.25) is 0 Å². The fraction of sp³-hybridized carbons (Fsp3) is 0.276. The monoisotopic (exact) mass is 484 g/mol. The van der Waals surface area contributed by atoms with Crippen molar-refractivity contribution in [3.8, 4) is 11.5 Å². The Hall–Kier alpha value is -3.54. The zero-order valence-electron chi connectivity index (χ0n) is 21.1. The van der Waals surface area contributed by atoms with Crippen molar-refractivity contribution in [2.75, 3.05) is 7.11 Å². The van der Waals surface area contributed by atoms with Crippen LogP contribution in [0.15, 0.2) is 65.8 Å². The first-order valence-electron chi connectivity index (χ1n) is 11.1. The Morgan fingerprint density at radius 2 is 1.57 bits per heavy atom. The molecule has 0 atom stereocenters. The molecule has 0 amide bonds. The van der Waals surface area contributed by atoms with E-state index in [9.17, 15) is 18.0 Å². The van der Waals surface area contributed by atoms with Crippen LogP contribution in [0.2, 0.25) is 0 Å². The van der Waals surface area contributed by atoms with Crippen LogP contribution in [0.3, 0.4) is 0 Å². The molecule has 35 heavy (non-hydrogen) atoms. The van der Waals surface area contributed by atoms with Gasteiger partial charge >= 0.3 is 12.1 Å². The quantitative estimate of drug-likeness (QED) is 0.173. The summed E-state index contributed by atoms with van der Waals surface area (Å²) < 4.78 is 49.0. The predicted octanol–water partition coefficient (Wildman–Crippen LogP) is 8.02. The number of allylic oxidation sites excluding steroid dienone is 6. The Labute approximate surface area is 205 Å². The molecule has 3 nitrogen and oxygen atoms in total. The summed E-state index contributed by atoms with van der Waals surface area (Å²) in [5.74, 6) is 0.314. The molecule has 6 heteroatoms. The molecule has 0 aliphatic heterocycles. The molecule has 0 aliphatic carbocycles. The number of halogens is 3. The number of aryl methyl sites for hydroxylation is 2. The number of benzene rings is 2. The van der Waals surface area contributed by atoms with Crippen LogP contribution in [-0.2, 0) is 11.0 Å². The molecule has 0 aromatic heterocycles. The second-order valence-electron chi connectivity index (χ2n) is 8.45. The molecule has 0 spiro atoms. The third-order valence-corrected chi connectivity index (χ3v) is 5.62. The third-order valence-electron chi connectivity index (χ3n) is 5.62. The van der Waals surface area contributed by atoms with E-state index in [0.29, 0.717) is 5.57 Å². The highest BCUT2D eigenvalue weighted by atomic mass is 19.4. The van der Waals surface area contributed by atoms with Crippen molar-refractivity contribution in [2.45, 2.75) is 47.7 Å². The fourth-order valence-electron chi connectivity index (χ4n) is 3.47. The van der Waals surface area contributed by atoms with Crippen LogP contribution in [-0.4, -0.2) is 13.1 Å². The largest absolute Gasteiger partial charge is 0.496 e. The molecule has 0 radical (unpaired) electrons. The highest BCUT2D eigenvalue weighted by molar-refractivity contribution is 5.85. The van der Waals surface area contributed by atoms with E-state index < -0.39 is 17.7 Å². The smallest absolute Gasteiger partial charge is 0.416 e. The lowest BCUT2D eigenvalue weighted by Crippen LogP contribution is -2.08. The van der Waals surface area contributed by atoms with Crippen molar-refractivity contribution in [1.29, 1.82) is 0 Å². The van der Waals surface area contributed by atoms with Crippen molar-refractivity contribution in [3.05, 3.63) is 99.2 Å². The van der Waals surface area contributed by atoms with Crippen molar-refractivity contribution < 1.29 is 27.4 Å². The first-order valence-corrected chi connectivity index (χ1v) is 11.1. The topological polar surface area (TPSA) is 35.5 Å². The average Bonchev–Trinajstić information content (AvgIpc) is 2.76. The van der Waals surface area contributed by atoms with Gasteiger partial charge in [-0.15, -0.1) is 0 Å². The van der Waals surface area contributed by atoms with E-state index in [1.165, 1.54) is 18.6 Å². The summed E-state index contributed by atoms with van der Waals surface area (Å²) in [6, 6.07) is 5.03. The van der Waals surface area contributed by atoms with Crippen LogP contribution in [0, 0.1) is 27.7 Å². The van der Waals surface area contributed by atoms with Gasteiger partial charge in [0.05, 0.1) is 12.7 Å². The van der Waals surface area contributed by atoms with E-state index in [-0.39, 0.29) is 11.3 Å². The number of hydrogen-bond acceptors (Lipinski definition) is 3. The molecule has 2 rings (SSSR count). The van der Waals surface area contributed by atoms with Gasteiger partial charge in [0, 0.05) is 6.08 Å². The summed E-state index contributed by atoms with van der Waals surface area (Å²) in [5, 5.41) is 0. The molecule has 0 saturated heterocycles. The van der Waals surface area contributed by atoms with E-state index in [2.05, 4.69) is 13.0 Å². The molecule has 0 unspecified atom stereocenters. The highest BCUT2D eigenvalue weighted by Gasteiger charge is 2.30. The Balaban J connectivity index is 2.05. The SMILES string of the molecule is COc1cc(C)c(C=CC(C)=CC=CC(C)=CC(=O)Oc2ccc(C(F)(F)F)cc2C)c(C)c1C. The number of carbonyl (C=O) groups excluding carboxylic acids is 1. The highest BCUT2D eigenvalue weighted by Crippen LogP contribution is 2.32. The van der Waals surface area contributed by atoms with Crippen LogP contribution in [0.5, 0.6) is 11.5 Å². The summed E-state index contributed by atoms with van der Waals surface area (Å²) in [6.07, 6.45) is 6.43. The molecule has 186 valence electrons. The molecule has 0 bridgehead atoms. The molecule has 0 N–H and O–H groups in total. The van der Waals surface area contributed by atoms with Crippen molar-refractivity contribution in [3.63, 3.8) is 0 Å². The summed E-state index contributed by atoms with van der Waals surface area (Å²) in [4.78, 5) is 12.2. The van der Waals surface area contributed by atoms with Gasteiger partial charge in [0.1, 0.15) is 11.5 Å². The maximum Gasteiger partial charge on any atom is 0.416 e. The van der Waals surface area contributed by atoms with Gasteiger partial charge in [-0.1, -0.05) is 36.0 Å². The number of alkyl halides is 3. The Morgan fingerprint density at radius 3 is 2.17 bits per heavy atom. The summed E-state index contributed by atoms with van der Waals surface area (Å²) in [5.41, 5.74) is 5.67. The Morgan fingerprint density at radius 1 is 0.886 bits per heavy atom. The maximum absolute atomic E-state index is 12.8.